The van der Waals surface area contributed by atoms with Crippen LogP contribution in [0.3, 0.4) is 0 Å². The Hall–Kier alpha value is -3.52. The highest BCUT2D eigenvalue weighted by atomic mass is 32.1. The van der Waals surface area contributed by atoms with Crippen molar-refractivity contribution in [3.8, 4) is 0 Å². The molecular formula is C22H18N2O5S. The molecule has 0 atom stereocenters. The Balaban J connectivity index is 1.42. The number of carbonyl (C=O) groups is 4. The summed E-state index contributed by atoms with van der Waals surface area (Å²) in [6, 6.07) is 12.4. The van der Waals surface area contributed by atoms with E-state index in [1.54, 1.807) is 35.7 Å². The average molecular weight is 422 g/mol. The third kappa shape index (κ3) is 3.46. The maximum absolute atomic E-state index is 12.9. The lowest BCUT2D eigenvalue weighted by Crippen LogP contribution is -2.41. The minimum Gasteiger partial charge on any atom is -0.465 e. The second-order valence-electron chi connectivity index (χ2n) is 6.78. The van der Waals surface area contributed by atoms with Crippen molar-refractivity contribution in [2.75, 3.05) is 19.0 Å². The summed E-state index contributed by atoms with van der Waals surface area (Å²) in [5, 5.41) is 5.89. The summed E-state index contributed by atoms with van der Waals surface area (Å²) < 4.78 is 4.69. The molecule has 0 unspecified atom stereocenters. The van der Waals surface area contributed by atoms with E-state index in [1.165, 1.54) is 23.3 Å². The molecule has 2 heterocycles. The van der Waals surface area contributed by atoms with E-state index >= 15 is 0 Å². The molecule has 0 saturated heterocycles. The van der Waals surface area contributed by atoms with E-state index in [9.17, 15) is 19.2 Å². The Bertz CT molecular complexity index is 1130. The van der Waals surface area contributed by atoms with Gasteiger partial charge in [0, 0.05) is 29.5 Å². The quantitative estimate of drug-likeness (QED) is 0.483. The number of amides is 3. The monoisotopic (exact) mass is 422 g/mol. The van der Waals surface area contributed by atoms with Crippen molar-refractivity contribution in [2.45, 2.75) is 12.8 Å². The van der Waals surface area contributed by atoms with Crippen molar-refractivity contribution in [1.29, 1.82) is 0 Å². The predicted molar refractivity (Wildman–Crippen MR) is 113 cm³/mol. The van der Waals surface area contributed by atoms with Gasteiger partial charge in [-0.05, 0) is 35.4 Å². The number of carbonyl (C=O) groups excluding carboxylic acids is 4. The van der Waals surface area contributed by atoms with Crippen molar-refractivity contribution in [2.24, 2.45) is 0 Å². The van der Waals surface area contributed by atoms with Gasteiger partial charge >= 0.3 is 5.97 Å². The molecule has 3 amide bonds. The van der Waals surface area contributed by atoms with Gasteiger partial charge in [0.25, 0.3) is 11.8 Å². The van der Waals surface area contributed by atoms with Crippen LogP contribution in [0.4, 0.5) is 5.69 Å². The number of nitrogens with zero attached hydrogens (tertiary/aromatic N) is 1. The molecule has 0 aliphatic carbocycles. The standard InChI is InChI=1S/C22H18N2O5S/c1-29-22(28)19-16(10-12-30-19)23-17(25)9-4-11-24-20(26)14-7-2-5-13-6-3-8-15(18(13)14)21(24)27/h2-3,5-8,10,12H,4,9,11H2,1H3,(H,23,25). The van der Waals surface area contributed by atoms with Crippen LogP contribution in [-0.4, -0.2) is 42.2 Å². The highest BCUT2D eigenvalue weighted by Gasteiger charge is 2.32. The van der Waals surface area contributed by atoms with Crippen LogP contribution >= 0.6 is 11.3 Å². The Morgan fingerprint density at radius 3 is 2.33 bits per heavy atom. The lowest BCUT2D eigenvalue weighted by atomic mass is 9.94. The maximum Gasteiger partial charge on any atom is 0.350 e. The van der Waals surface area contributed by atoms with Gasteiger partial charge in [0.05, 0.1) is 12.8 Å². The molecule has 2 aromatic carbocycles. The number of benzene rings is 2. The van der Waals surface area contributed by atoms with E-state index in [0.29, 0.717) is 33.5 Å². The minimum absolute atomic E-state index is 0.0966. The van der Waals surface area contributed by atoms with Crippen molar-refractivity contribution >= 4 is 51.5 Å². The van der Waals surface area contributed by atoms with Gasteiger partial charge in [0.1, 0.15) is 4.88 Å². The number of esters is 1. The Morgan fingerprint density at radius 1 is 1.03 bits per heavy atom. The molecule has 1 aromatic heterocycles. The van der Waals surface area contributed by atoms with Gasteiger partial charge in [0.2, 0.25) is 5.91 Å². The van der Waals surface area contributed by atoms with Gasteiger partial charge in [-0.15, -0.1) is 11.3 Å². The Labute approximate surface area is 176 Å². The molecule has 30 heavy (non-hydrogen) atoms. The number of imide groups is 1. The van der Waals surface area contributed by atoms with Crippen molar-refractivity contribution in [3.05, 3.63) is 63.8 Å². The van der Waals surface area contributed by atoms with Gasteiger partial charge in [-0.1, -0.05) is 24.3 Å². The zero-order chi connectivity index (χ0) is 21.3. The van der Waals surface area contributed by atoms with E-state index in [0.717, 1.165) is 5.39 Å². The van der Waals surface area contributed by atoms with Crippen LogP contribution < -0.4 is 5.32 Å². The number of ether oxygens (including phenoxy) is 1. The summed E-state index contributed by atoms with van der Waals surface area (Å²) in [5.74, 6) is -1.53. The fraction of sp³-hybridized carbons (Fsp3) is 0.182. The smallest absolute Gasteiger partial charge is 0.350 e. The molecule has 8 heteroatoms. The van der Waals surface area contributed by atoms with E-state index in [4.69, 9.17) is 4.74 Å². The van der Waals surface area contributed by atoms with Gasteiger partial charge in [-0.25, -0.2) is 4.79 Å². The van der Waals surface area contributed by atoms with Gasteiger partial charge in [-0.2, -0.15) is 0 Å². The lowest BCUT2D eigenvalue weighted by Gasteiger charge is -2.27. The molecule has 7 nitrogen and oxygen atoms in total. The van der Waals surface area contributed by atoms with Crippen molar-refractivity contribution in [1.82, 2.24) is 4.90 Å². The van der Waals surface area contributed by atoms with Crippen LogP contribution in [0.25, 0.3) is 10.8 Å². The molecule has 0 saturated carbocycles. The number of hydrogen-bond donors (Lipinski definition) is 1. The van der Waals surface area contributed by atoms with Crippen LogP contribution in [0.5, 0.6) is 0 Å². The van der Waals surface area contributed by atoms with E-state index < -0.39 is 5.97 Å². The number of nitrogens with one attached hydrogen (secondary N) is 1. The largest absolute Gasteiger partial charge is 0.465 e. The minimum atomic E-state index is -0.516. The molecule has 1 aliphatic heterocycles. The molecule has 0 fully saturated rings. The summed E-state index contributed by atoms with van der Waals surface area (Å²) in [7, 11) is 1.28. The van der Waals surface area contributed by atoms with Crippen LogP contribution in [0.2, 0.25) is 0 Å². The molecule has 0 spiro atoms. The first kappa shape index (κ1) is 19.8. The summed E-state index contributed by atoms with van der Waals surface area (Å²) in [4.78, 5) is 51.2. The normalized spacial score (nSPS) is 12.9. The third-order valence-corrected chi connectivity index (χ3v) is 5.85. The fourth-order valence-corrected chi connectivity index (χ4v) is 4.32. The molecule has 0 radical (unpaired) electrons. The molecular weight excluding hydrogens is 404 g/mol. The zero-order valence-electron chi connectivity index (χ0n) is 16.1. The van der Waals surface area contributed by atoms with Gasteiger partial charge < -0.3 is 10.1 Å². The first-order chi connectivity index (χ1) is 14.5. The molecule has 3 aromatic rings. The van der Waals surface area contributed by atoms with E-state index in [2.05, 4.69) is 5.32 Å². The molecule has 152 valence electrons. The average Bonchev–Trinajstić information content (AvgIpc) is 3.21. The highest BCUT2D eigenvalue weighted by molar-refractivity contribution is 7.12. The maximum atomic E-state index is 12.9. The van der Waals surface area contributed by atoms with E-state index in [-0.39, 0.29) is 30.7 Å². The van der Waals surface area contributed by atoms with Crippen LogP contribution in [0.1, 0.15) is 43.2 Å². The van der Waals surface area contributed by atoms with Crippen molar-refractivity contribution < 1.29 is 23.9 Å². The number of hydrogen-bond acceptors (Lipinski definition) is 6. The number of methoxy groups -OCH3 is 1. The van der Waals surface area contributed by atoms with Crippen LogP contribution in [0.15, 0.2) is 47.8 Å². The topological polar surface area (TPSA) is 92.8 Å². The second kappa shape index (κ2) is 8.08. The molecule has 0 bridgehead atoms. The third-order valence-electron chi connectivity index (χ3n) is 4.95. The van der Waals surface area contributed by atoms with Crippen molar-refractivity contribution in [3.63, 3.8) is 0 Å². The first-order valence-corrected chi connectivity index (χ1v) is 10.2. The summed E-state index contributed by atoms with van der Waals surface area (Å²) in [5.41, 5.74) is 1.38. The Kier molecular flexibility index (Phi) is 5.33. The lowest BCUT2D eigenvalue weighted by molar-refractivity contribution is -0.116. The van der Waals surface area contributed by atoms with Crippen LogP contribution in [-0.2, 0) is 9.53 Å². The number of thiophene rings is 1. The summed E-state index contributed by atoms with van der Waals surface area (Å²) >= 11 is 1.18. The van der Waals surface area contributed by atoms with Crippen LogP contribution in [0, 0.1) is 0 Å². The Morgan fingerprint density at radius 2 is 1.70 bits per heavy atom. The molecule has 4 rings (SSSR count). The van der Waals surface area contributed by atoms with Gasteiger partial charge in [0.15, 0.2) is 0 Å². The molecule has 1 N–H and O–H groups in total. The predicted octanol–water partition coefficient (Wildman–Crippen LogP) is 3.70. The fourth-order valence-electron chi connectivity index (χ4n) is 3.55. The summed E-state index contributed by atoms with van der Waals surface area (Å²) in [6.45, 7) is 0.128. The first-order valence-electron chi connectivity index (χ1n) is 9.35. The number of rotatable bonds is 6. The zero-order valence-corrected chi connectivity index (χ0v) is 17.0. The van der Waals surface area contributed by atoms with E-state index in [1.807, 2.05) is 12.1 Å². The number of anilines is 1. The molecule has 1 aliphatic rings. The summed E-state index contributed by atoms with van der Waals surface area (Å²) in [6.07, 6.45) is 0.401. The highest BCUT2D eigenvalue weighted by Crippen LogP contribution is 2.30. The van der Waals surface area contributed by atoms with Gasteiger partial charge in [-0.3, -0.25) is 19.3 Å². The second-order valence-corrected chi connectivity index (χ2v) is 7.69. The SMILES string of the molecule is COC(=O)c1sccc1NC(=O)CCCN1C(=O)c2cccc3cccc(c23)C1=O.